The second-order valence-corrected chi connectivity index (χ2v) is 7.68. The molecule has 0 spiro atoms. The van der Waals surface area contributed by atoms with E-state index in [-0.39, 0.29) is 32.1 Å². The summed E-state index contributed by atoms with van der Waals surface area (Å²) in [5.74, 6) is -1.27. The zero-order valence-corrected chi connectivity index (χ0v) is 18.8. The van der Waals surface area contributed by atoms with Crippen LogP contribution >= 0.6 is 0 Å². The van der Waals surface area contributed by atoms with Gasteiger partial charge in [-0.25, -0.2) is 18.6 Å². The molecule has 33 heavy (non-hydrogen) atoms. The van der Waals surface area contributed by atoms with Crippen molar-refractivity contribution < 1.29 is 23.1 Å². The van der Waals surface area contributed by atoms with Gasteiger partial charge in [-0.3, -0.25) is 4.79 Å². The van der Waals surface area contributed by atoms with Crippen molar-refractivity contribution >= 4 is 17.6 Å². The number of amides is 3. The predicted molar refractivity (Wildman–Crippen MR) is 121 cm³/mol. The highest BCUT2D eigenvalue weighted by Gasteiger charge is 2.35. The van der Waals surface area contributed by atoms with E-state index in [0.29, 0.717) is 23.4 Å². The third-order valence-electron chi connectivity index (χ3n) is 5.31. The Hall–Kier alpha value is -3.33. The van der Waals surface area contributed by atoms with E-state index in [1.165, 1.54) is 35.2 Å². The third-order valence-corrected chi connectivity index (χ3v) is 5.31. The number of hydrogen-bond acceptors (Lipinski definition) is 4. The maximum Gasteiger partial charge on any atom is 0.317 e. The Balaban J connectivity index is 1.88. The molecule has 9 heteroatoms. The summed E-state index contributed by atoms with van der Waals surface area (Å²) in [6.07, 6.45) is 1.02. The van der Waals surface area contributed by atoms with Gasteiger partial charge < -0.3 is 15.0 Å². The molecule has 0 fully saturated rings. The van der Waals surface area contributed by atoms with Gasteiger partial charge in [-0.15, -0.1) is 0 Å². The minimum atomic E-state index is -0.546. The highest BCUT2D eigenvalue weighted by Crippen LogP contribution is 2.33. The first-order valence-electron chi connectivity index (χ1n) is 10.9. The van der Waals surface area contributed by atoms with Crippen LogP contribution in [0.1, 0.15) is 36.9 Å². The van der Waals surface area contributed by atoms with Crippen LogP contribution in [0.4, 0.5) is 13.6 Å². The van der Waals surface area contributed by atoms with Crippen molar-refractivity contribution in [1.82, 2.24) is 15.2 Å². The summed E-state index contributed by atoms with van der Waals surface area (Å²) in [7, 11) is 1.51. The van der Waals surface area contributed by atoms with Crippen LogP contribution in [0, 0.1) is 11.6 Å². The molecule has 1 N–H and O–H groups in total. The molecule has 176 valence electrons. The van der Waals surface area contributed by atoms with Crippen molar-refractivity contribution in [2.45, 2.75) is 25.8 Å². The lowest BCUT2D eigenvalue weighted by Crippen LogP contribution is -2.47. The van der Waals surface area contributed by atoms with E-state index in [1.807, 2.05) is 6.92 Å². The molecular formula is C24H28F2N4O3. The number of ether oxygens (including phenoxy) is 1. The largest absolute Gasteiger partial charge is 0.383 e. The van der Waals surface area contributed by atoms with Gasteiger partial charge in [0.05, 0.1) is 18.4 Å². The number of nitrogens with one attached hydrogen (secondary N) is 1. The predicted octanol–water partition coefficient (Wildman–Crippen LogP) is 3.71. The second-order valence-electron chi connectivity index (χ2n) is 7.68. The Morgan fingerprint density at radius 3 is 2.58 bits per heavy atom. The molecule has 2 aromatic carbocycles. The summed E-state index contributed by atoms with van der Waals surface area (Å²) >= 11 is 0. The summed E-state index contributed by atoms with van der Waals surface area (Å²) in [5, 5.41) is 8.46. The molecule has 2 aromatic rings. The van der Waals surface area contributed by atoms with Crippen molar-refractivity contribution in [3.05, 3.63) is 71.3 Å². The van der Waals surface area contributed by atoms with Gasteiger partial charge in [-0.1, -0.05) is 37.3 Å². The maximum atomic E-state index is 14.4. The molecule has 1 heterocycles. The lowest BCUT2D eigenvalue weighted by atomic mass is 9.98. The average molecular weight is 459 g/mol. The van der Waals surface area contributed by atoms with Gasteiger partial charge in [0.1, 0.15) is 18.2 Å². The SMILES string of the molecule is CCCNC(=O)N(CCOC)CC(=O)N1N=C(c2ccccc2F)CC1c1ccc(F)cc1. The zero-order valence-electron chi connectivity index (χ0n) is 18.8. The van der Waals surface area contributed by atoms with E-state index in [1.54, 1.807) is 30.3 Å². The highest BCUT2D eigenvalue weighted by atomic mass is 19.1. The molecule has 0 bridgehead atoms. The summed E-state index contributed by atoms with van der Waals surface area (Å²) < 4.78 is 33.0. The van der Waals surface area contributed by atoms with Crippen molar-refractivity contribution in [2.75, 3.05) is 33.4 Å². The molecule has 1 aliphatic heterocycles. The summed E-state index contributed by atoms with van der Waals surface area (Å²) in [6.45, 7) is 2.66. The lowest BCUT2D eigenvalue weighted by molar-refractivity contribution is -0.133. The van der Waals surface area contributed by atoms with Crippen molar-refractivity contribution in [3.8, 4) is 0 Å². The number of rotatable bonds is 9. The molecule has 3 rings (SSSR count). The van der Waals surface area contributed by atoms with Crippen LogP contribution in [-0.4, -0.2) is 60.9 Å². The Kier molecular flexibility index (Phi) is 8.48. The van der Waals surface area contributed by atoms with Gasteiger partial charge in [0.15, 0.2) is 0 Å². The van der Waals surface area contributed by atoms with Crippen LogP contribution in [0.2, 0.25) is 0 Å². The van der Waals surface area contributed by atoms with Crippen LogP contribution in [0.15, 0.2) is 53.6 Å². The second kappa shape index (κ2) is 11.5. The first-order valence-corrected chi connectivity index (χ1v) is 10.9. The molecule has 7 nitrogen and oxygen atoms in total. The number of hydrazone groups is 1. The fourth-order valence-electron chi connectivity index (χ4n) is 3.58. The van der Waals surface area contributed by atoms with E-state index in [0.717, 1.165) is 6.42 Å². The number of nitrogens with zero attached hydrogens (tertiary/aromatic N) is 3. The number of benzene rings is 2. The van der Waals surface area contributed by atoms with E-state index in [4.69, 9.17) is 4.74 Å². The molecule has 1 aliphatic rings. The Bertz CT molecular complexity index is 997. The third kappa shape index (κ3) is 6.13. The smallest absolute Gasteiger partial charge is 0.317 e. The zero-order chi connectivity index (χ0) is 23.8. The lowest BCUT2D eigenvalue weighted by Gasteiger charge is -2.27. The van der Waals surface area contributed by atoms with Gasteiger partial charge >= 0.3 is 6.03 Å². The van der Waals surface area contributed by atoms with Crippen molar-refractivity contribution in [1.29, 1.82) is 0 Å². The number of urea groups is 1. The van der Waals surface area contributed by atoms with Gasteiger partial charge in [-0.2, -0.15) is 5.10 Å². The van der Waals surface area contributed by atoms with Crippen LogP contribution in [0.3, 0.4) is 0 Å². The molecular weight excluding hydrogens is 430 g/mol. The molecule has 1 atom stereocenters. The number of halogens is 2. The minimum absolute atomic E-state index is 0.219. The number of hydrogen-bond donors (Lipinski definition) is 1. The Labute approximate surface area is 192 Å². The summed E-state index contributed by atoms with van der Waals surface area (Å²) in [4.78, 5) is 27.2. The quantitative estimate of drug-likeness (QED) is 0.623. The summed E-state index contributed by atoms with van der Waals surface area (Å²) in [6, 6.07) is 11.1. The maximum absolute atomic E-state index is 14.4. The number of methoxy groups -OCH3 is 1. The summed E-state index contributed by atoms with van der Waals surface area (Å²) in [5.41, 5.74) is 1.38. The van der Waals surface area contributed by atoms with Crippen LogP contribution < -0.4 is 5.32 Å². The van der Waals surface area contributed by atoms with Gasteiger partial charge in [0.25, 0.3) is 5.91 Å². The standard InChI is InChI=1S/C24H28F2N4O3/c1-3-12-27-24(32)29(13-14-33-2)16-23(31)30-22(17-8-10-18(25)11-9-17)15-21(28-30)19-6-4-5-7-20(19)26/h4-11,22H,3,12-16H2,1-2H3,(H,27,32). The minimum Gasteiger partial charge on any atom is -0.383 e. The molecule has 0 saturated carbocycles. The van der Waals surface area contributed by atoms with Crippen LogP contribution in [0.5, 0.6) is 0 Å². The normalized spacial score (nSPS) is 15.3. The van der Waals surface area contributed by atoms with E-state index >= 15 is 0 Å². The van der Waals surface area contributed by atoms with Gasteiger partial charge in [0.2, 0.25) is 0 Å². The van der Waals surface area contributed by atoms with Gasteiger partial charge in [-0.05, 0) is 30.2 Å². The molecule has 0 saturated heterocycles. The molecule has 0 radical (unpaired) electrons. The van der Waals surface area contributed by atoms with Crippen LogP contribution in [-0.2, 0) is 9.53 Å². The first kappa shape index (κ1) is 24.3. The van der Waals surface area contributed by atoms with Crippen LogP contribution in [0.25, 0.3) is 0 Å². The highest BCUT2D eigenvalue weighted by molar-refractivity contribution is 6.03. The Morgan fingerprint density at radius 1 is 1.18 bits per heavy atom. The van der Waals surface area contributed by atoms with Crippen molar-refractivity contribution in [2.24, 2.45) is 5.10 Å². The Morgan fingerprint density at radius 2 is 1.91 bits per heavy atom. The average Bonchev–Trinajstić information content (AvgIpc) is 3.26. The molecule has 3 amide bonds. The molecule has 0 aromatic heterocycles. The van der Waals surface area contributed by atoms with Crippen molar-refractivity contribution in [3.63, 3.8) is 0 Å². The topological polar surface area (TPSA) is 74.2 Å². The number of carbonyl (C=O) groups excluding carboxylic acids is 2. The molecule has 1 unspecified atom stereocenters. The van der Waals surface area contributed by atoms with Gasteiger partial charge in [0, 0.05) is 32.2 Å². The van der Waals surface area contributed by atoms with E-state index < -0.39 is 23.6 Å². The monoisotopic (exact) mass is 458 g/mol. The first-order chi connectivity index (χ1) is 15.9. The van der Waals surface area contributed by atoms with E-state index in [2.05, 4.69) is 10.4 Å². The van der Waals surface area contributed by atoms with E-state index in [9.17, 15) is 18.4 Å². The molecule has 0 aliphatic carbocycles. The fourth-order valence-corrected chi connectivity index (χ4v) is 3.58. The fraction of sp³-hybridized carbons (Fsp3) is 0.375. The number of carbonyl (C=O) groups is 2.